The van der Waals surface area contributed by atoms with E-state index in [1.165, 1.54) is 6.20 Å². The maximum Gasteiger partial charge on any atom is 0.259 e. The molecule has 1 aromatic heterocycles. The molecule has 2 heterocycles. The van der Waals surface area contributed by atoms with Crippen molar-refractivity contribution in [2.45, 2.75) is 37.9 Å². The Labute approximate surface area is 147 Å². The smallest absolute Gasteiger partial charge is 0.259 e. The minimum Gasteiger partial charge on any atom is -0.337 e. The molecule has 1 aliphatic rings. The lowest BCUT2D eigenvalue weighted by molar-refractivity contribution is -0.133. The summed E-state index contributed by atoms with van der Waals surface area (Å²) < 4.78 is 28.6. The van der Waals surface area contributed by atoms with Gasteiger partial charge in [0, 0.05) is 32.8 Å². The average Bonchev–Trinajstić information content (AvgIpc) is 3.09. The van der Waals surface area contributed by atoms with Crippen molar-refractivity contribution >= 4 is 15.9 Å². The van der Waals surface area contributed by atoms with Crippen LogP contribution in [0.1, 0.15) is 36.3 Å². The Hall–Kier alpha value is -2.19. The number of nitrogens with zero attached hydrogens (tertiary/aromatic N) is 3. The minimum atomic E-state index is -3.70. The van der Waals surface area contributed by atoms with Crippen LogP contribution in [0.25, 0.3) is 0 Å². The van der Waals surface area contributed by atoms with Crippen molar-refractivity contribution in [3.63, 3.8) is 0 Å². The molecule has 0 radical (unpaired) electrons. The number of aryl methyl sites for hydroxylation is 2. The van der Waals surface area contributed by atoms with Crippen molar-refractivity contribution in [1.29, 1.82) is 0 Å². The molecule has 1 amide bonds. The summed E-state index contributed by atoms with van der Waals surface area (Å²) >= 11 is 0. The zero-order valence-electron chi connectivity index (χ0n) is 14.6. The molecule has 1 aromatic carbocycles. The van der Waals surface area contributed by atoms with Gasteiger partial charge in [0.1, 0.15) is 5.82 Å². The van der Waals surface area contributed by atoms with Gasteiger partial charge in [-0.3, -0.25) is 4.79 Å². The Morgan fingerprint density at radius 2 is 2.08 bits per heavy atom. The van der Waals surface area contributed by atoms with Gasteiger partial charge >= 0.3 is 0 Å². The fraction of sp³-hybridized carbons (Fsp3) is 0.412. The Morgan fingerprint density at radius 1 is 1.36 bits per heavy atom. The SMILES string of the molecule is Cc1nc(S(=O)(=O)NCCC(=O)N2Cc3ccccc3C2C)cn1C. The largest absolute Gasteiger partial charge is 0.337 e. The second-order valence-corrected chi connectivity index (χ2v) is 8.00. The van der Waals surface area contributed by atoms with Crippen LogP contribution < -0.4 is 4.72 Å². The zero-order valence-corrected chi connectivity index (χ0v) is 15.4. The molecule has 3 rings (SSSR count). The number of hydrogen-bond acceptors (Lipinski definition) is 4. The number of benzene rings is 1. The summed E-state index contributed by atoms with van der Waals surface area (Å²) in [6, 6.07) is 7.98. The van der Waals surface area contributed by atoms with Gasteiger partial charge in [-0.25, -0.2) is 18.1 Å². The average molecular weight is 362 g/mol. The Kier molecular flexibility index (Phi) is 4.66. The van der Waals surface area contributed by atoms with Crippen LogP contribution in [0.4, 0.5) is 0 Å². The lowest BCUT2D eigenvalue weighted by atomic mass is 10.1. The number of aromatic nitrogens is 2. The molecular weight excluding hydrogens is 340 g/mol. The highest BCUT2D eigenvalue weighted by molar-refractivity contribution is 7.89. The summed E-state index contributed by atoms with van der Waals surface area (Å²) in [5.74, 6) is 0.545. The molecule has 1 N–H and O–H groups in total. The normalized spacial score (nSPS) is 16.9. The van der Waals surface area contributed by atoms with E-state index in [0.717, 1.165) is 11.1 Å². The Morgan fingerprint density at radius 3 is 2.72 bits per heavy atom. The molecule has 1 unspecified atom stereocenters. The molecule has 8 heteroatoms. The fourth-order valence-corrected chi connectivity index (χ4v) is 4.11. The first-order chi connectivity index (χ1) is 11.8. The number of fused-ring (bicyclic) bond motifs is 1. The number of sulfonamides is 1. The van der Waals surface area contributed by atoms with Crippen LogP contribution in [0.15, 0.2) is 35.5 Å². The molecule has 25 heavy (non-hydrogen) atoms. The van der Waals surface area contributed by atoms with E-state index in [1.54, 1.807) is 23.4 Å². The van der Waals surface area contributed by atoms with Crippen molar-refractivity contribution in [2.24, 2.45) is 7.05 Å². The second-order valence-electron chi connectivity index (χ2n) is 6.28. The van der Waals surface area contributed by atoms with Crippen molar-refractivity contribution < 1.29 is 13.2 Å². The highest BCUT2D eigenvalue weighted by Gasteiger charge is 2.29. The fourth-order valence-electron chi connectivity index (χ4n) is 3.04. The number of amides is 1. The molecule has 1 aliphatic heterocycles. The number of nitrogens with one attached hydrogen (secondary N) is 1. The highest BCUT2D eigenvalue weighted by atomic mass is 32.2. The first-order valence-electron chi connectivity index (χ1n) is 8.16. The number of rotatable bonds is 5. The van der Waals surface area contributed by atoms with E-state index in [4.69, 9.17) is 0 Å². The third-order valence-electron chi connectivity index (χ3n) is 4.63. The van der Waals surface area contributed by atoms with Crippen molar-refractivity contribution in [3.8, 4) is 0 Å². The molecule has 0 spiro atoms. The molecule has 0 bridgehead atoms. The molecule has 0 fully saturated rings. The first-order valence-corrected chi connectivity index (χ1v) is 9.65. The van der Waals surface area contributed by atoms with E-state index < -0.39 is 10.0 Å². The molecule has 0 aliphatic carbocycles. The van der Waals surface area contributed by atoms with Gasteiger partial charge < -0.3 is 9.47 Å². The van der Waals surface area contributed by atoms with E-state index in [9.17, 15) is 13.2 Å². The lowest BCUT2D eigenvalue weighted by Gasteiger charge is -2.22. The van der Waals surface area contributed by atoms with Gasteiger partial charge in [-0.1, -0.05) is 24.3 Å². The predicted molar refractivity (Wildman–Crippen MR) is 93.2 cm³/mol. The van der Waals surface area contributed by atoms with Gasteiger partial charge in [0.2, 0.25) is 5.91 Å². The number of carbonyl (C=O) groups is 1. The monoisotopic (exact) mass is 362 g/mol. The van der Waals surface area contributed by atoms with E-state index in [-0.39, 0.29) is 29.9 Å². The van der Waals surface area contributed by atoms with Crippen molar-refractivity contribution in [1.82, 2.24) is 19.2 Å². The molecule has 2 aromatic rings. The standard InChI is InChI=1S/C17H22N4O3S/c1-12-15-7-5-4-6-14(15)10-21(12)17(22)8-9-18-25(23,24)16-11-20(3)13(2)19-16/h4-7,11-12,18H,8-10H2,1-3H3. The summed E-state index contributed by atoms with van der Waals surface area (Å²) in [5.41, 5.74) is 2.30. The van der Waals surface area contributed by atoms with E-state index in [2.05, 4.69) is 9.71 Å². The van der Waals surface area contributed by atoms with Gasteiger partial charge in [0.05, 0.1) is 6.04 Å². The van der Waals surface area contributed by atoms with Gasteiger partial charge in [0.15, 0.2) is 5.03 Å². The summed E-state index contributed by atoms with van der Waals surface area (Å²) in [4.78, 5) is 18.3. The molecule has 7 nitrogen and oxygen atoms in total. The summed E-state index contributed by atoms with van der Waals surface area (Å²) in [7, 11) is -1.97. The van der Waals surface area contributed by atoms with Crippen molar-refractivity contribution in [3.05, 3.63) is 47.4 Å². The summed E-state index contributed by atoms with van der Waals surface area (Å²) in [6.07, 6.45) is 1.57. The van der Waals surface area contributed by atoms with Gasteiger partial charge in [-0.2, -0.15) is 0 Å². The van der Waals surface area contributed by atoms with Crippen LogP contribution in [-0.2, 0) is 28.4 Å². The van der Waals surface area contributed by atoms with Crippen LogP contribution in [0.3, 0.4) is 0 Å². The van der Waals surface area contributed by atoms with Crippen LogP contribution in [0.2, 0.25) is 0 Å². The third-order valence-corrected chi connectivity index (χ3v) is 5.96. The highest BCUT2D eigenvalue weighted by Crippen LogP contribution is 2.33. The van der Waals surface area contributed by atoms with Crippen LogP contribution in [-0.4, -0.2) is 35.3 Å². The van der Waals surface area contributed by atoms with Gasteiger partial charge in [-0.05, 0) is 25.0 Å². The Bertz CT molecular complexity index is 885. The molecule has 0 saturated heterocycles. The predicted octanol–water partition coefficient (Wildman–Crippen LogP) is 1.50. The maximum atomic E-state index is 12.5. The van der Waals surface area contributed by atoms with Crippen LogP contribution >= 0.6 is 0 Å². The second kappa shape index (κ2) is 6.61. The van der Waals surface area contributed by atoms with Crippen molar-refractivity contribution in [2.75, 3.05) is 6.54 Å². The topological polar surface area (TPSA) is 84.3 Å². The zero-order chi connectivity index (χ0) is 18.2. The first kappa shape index (κ1) is 17.6. The van der Waals surface area contributed by atoms with Crippen LogP contribution in [0, 0.1) is 6.92 Å². The van der Waals surface area contributed by atoms with E-state index in [0.29, 0.717) is 12.4 Å². The lowest BCUT2D eigenvalue weighted by Crippen LogP contribution is -2.33. The van der Waals surface area contributed by atoms with Gasteiger partial charge in [0.25, 0.3) is 10.0 Å². The molecule has 1 atom stereocenters. The van der Waals surface area contributed by atoms with Crippen LogP contribution in [0.5, 0.6) is 0 Å². The van der Waals surface area contributed by atoms with E-state index >= 15 is 0 Å². The Balaban J connectivity index is 1.58. The maximum absolute atomic E-state index is 12.5. The molecule has 0 saturated carbocycles. The molecular formula is C17H22N4O3S. The minimum absolute atomic E-state index is 0.0127. The third kappa shape index (κ3) is 3.45. The summed E-state index contributed by atoms with van der Waals surface area (Å²) in [6.45, 7) is 4.35. The van der Waals surface area contributed by atoms with E-state index in [1.807, 2.05) is 31.2 Å². The summed E-state index contributed by atoms with van der Waals surface area (Å²) in [5, 5.41) is -0.0260. The molecule has 134 valence electrons. The number of hydrogen-bond donors (Lipinski definition) is 1. The number of carbonyl (C=O) groups excluding carboxylic acids is 1. The van der Waals surface area contributed by atoms with Gasteiger partial charge in [-0.15, -0.1) is 0 Å². The quantitative estimate of drug-likeness (QED) is 0.874. The number of imidazole rings is 1.